The Hall–Kier alpha value is -3.81. The molecule has 0 fully saturated rings. The van der Waals surface area contributed by atoms with Gasteiger partial charge >= 0.3 is 0 Å². The summed E-state index contributed by atoms with van der Waals surface area (Å²) < 4.78 is 0. The zero-order chi connectivity index (χ0) is 23.1. The van der Waals surface area contributed by atoms with E-state index in [2.05, 4.69) is 17.1 Å². The standard InChI is InChI=1S/C25H23N5OS/c1-17(2)23-20(15-26)24(28)29-25(21(23)16-27)32-14-13-22(31)30(18-9-5-3-6-10-18)19-11-7-4-8-12-19/h3-12,17H,13-14H2,1-2H3,(H2,28,29). The van der Waals surface area contributed by atoms with Crippen LogP contribution < -0.4 is 10.6 Å². The van der Waals surface area contributed by atoms with Crippen LogP contribution in [0.1, 0.15) is 42.9 Å². The van der Waals surface area contributed by atoms with Crippen molar-refractivity contribution in [1.82, 2.24) is 4.98 Å². The summed E-state index contributed by atoms with van der Waals surface area (Å²) in [6, 6.07) is 23.2. The van der Waals surface area contributed by atoms with Gasteiger partial charge in [-0.3, -0.25) is 9.69 Å². The van der Waals surface area contributed by atoms with Gasteiger partial charge in [-0.2, -0.15) is 10.5 Å². The van der Waals surface area contributed by atoms with Crippen molar-refractivity contribution in [2.45, 2.75) is 31.2 Å². The first-order chi connectivity index (χ1) is 15.5. The number of rotatable bonds is 7. The van der Waals surface area contributed by atoms with Crippen LogP contribution in [-0.4, -0.2) is 16.6 Å². The van der Waals surface area contributed by atoms with Gasteiger partial charge in [0.2, 0.25) is 5.91 Å². The number of amides is 1. The molecule has 1 amide bonds. The molecule has 0 unspecified atom stereocenters. The topological polar surface area (TPSA) is 107 Å². The van der Waals surface area contributed by atoms with Crippen LogP contribution in [0.15, 0.2) is 65.7 Å². The lowest BCUT2D eigenvalue weighted by Gasteiger charge is -2.23. The Balaban J connectivity index is 1.83. The molecular formula is C25H23N5OS. The van der Waals surface area contributed by atoms with E-state index in [4.69, 9.17) is 5.73 Å². The van der Waals surface area contributed by atoms with Crippen LogP contribution >= 0.6 is 11.8 Å². The molecule has 32 heavy (non-hydrogen) atoms. The summed E-state index contributed by atoms with van der Waals surface area (Å²) in [5.41, 5.74) is 8.77. The van der Waals surface area contributed by atoms with Gasteiger partial charge in [0, 0.05) is 23.5 Å². The maximum absolute atomic E-state index is 13.2. The van der Waals surface area contributed by atoms with E-state index in [0.29, 0.717) is 21.9 Å². The largest absolute Gasteiger partial charge is 0.383 e. The number of hydrogen-bond acceptors (Lipinski definition) is 6. The molecule has 1 aromatic heterocycles. The van der Waals surface area contributed by atoms with Crippen molar-refractivity contribution >= 4 is 34.9 Å². The summed E-state index contributed by atoms with van der Waals surface area (Å²) in [7, 11) is 0. The molecule has 2 aromatic carbocycles. The molecule has 0 saturated carbocycles. The lowest BCUT2D eigenvalue weighted by atomic mass is 9.94. The van der Waals surface area contributed by atoms with Gasteiger partial charge in [-0.25, -0.2) is 4.98 Å². The van der Waals surface area contributed by atoms with E-state index < -0.39 is 0 Å². The molecule has 6 nitrogen and oxygen atoms in total. The number of carbonyl (C=O) groups excluding carboxylic acids is 1. The molecule has 160 valence electrons. The van der Waals surface area contributed by atoms with E-state index in [1.54, 1.807) is 4.90 Å². The molecule has 0 aliphatic rings. The van der Waals surface area contributed by atoms with E-state index in [-0.39, 0.29) is 29.6 Å². The first kappa shape index (κ1) is 22.9. The van der Waals surface area contributed by atoms with E-state index in [1.807, 2.05) is 74.5 Å². The van der Waals surface area contributed by atoms with Gasteiger partial charge in [-0.05, 0) is 35.7 Å². The molecule has 0 radical (unpaired) electrons. The van der Waals surface area contributed by atoms with Crippen LogP contribution in [-0.2, 0) is 4.79 Å². The number of nitrogens with two attached hydrogens (primary N) is 1. The number of anilines is 3. The number of benzene rings is 2. The summed E-state index contributed by atoms with van der Waals surface area (Å²) in [6.45, 7) is 3.82. The molecule has 0 aliphatic carbocycles. The number of nitrogen functional groups attached to an aromatic ring is 1. The Morgan fingerprint density at radius 3 is 2.00 bits per heavy atom. The first-order valence-electron chi connectivity index (χ1n) is 10.2. The van der Waals surface area contributed by atoms with Crippen molar-refractivity contribution in [3.8, 4) is 12.1 Å². The Kier molecular flexibility index (Phi) is 7.49. The Morgan fingerprint density at radius 1 is 1.00 bits per heavy atom. The highest BCUT2D eigenvalue weighted by atomic mass is 32.2. The molecular weight excluding hydrogens is 418 g/mol. The quantitative estimate of drug-likeness (QED) is 0.493. The fourth-order valence-corrected chi connectivity index (χ4v) is 4.38. The Labute approximate surface area is 192 Å². The third-order valence-corrected chi connectivity index (χ3v) is 5.84. The molecule has 7 heteroatoms. The second kappa shape index (κ2) is 10.5. The van der Waals surface area contributed by atoms with Crippen molar-refractivity contribution < 1.29 is 4.79 Å². The number of nitrogens with zero attached hydrogens (tertiary/aromatic N) is 4. The highest BCUT2D eigenvalue weighted by Crippen LogP contribution is 2.33. The number of pyridine rings is 1. The number of nitriles is 2. The van der Waals surface area contributed by atoms with Gasteiger partial charge in [0.25, 0.3) is 0 Å². The number of aromatic nitrogens is 1. The van der Waals surface area contributed by atoms with Gasteiger partial charge in [-0.15, -0.1) is 11.8 Å². The zero-order valence-electron chi connectivity index (χ0n) is 17.9. The van der Waals surface area contributed by atoms with Gasteiger partial charge in [0.15, 0.2) is 0 Å². The molecule has 0 bridgehead atoms. The monoisotopic (exact) mass is 441 g/mol. The average Bonchev–Trinajstić information content (AvgIpc) is 2.80. The molecule has 3 aromatic rings. The van der Waals surface area contributed by atoms with Crippen LogP contribution in [0.5, 0.6) is 0 Å². The molecule has 0 aliphatic heterocycles. The van der Waals surface area contributed by atoms with Gasteiger partial charge in [0.1, 0.15) is 23.0 Å². The minimum absolute atomic E-state index is 0.0581. The predicted molar refractivity (Wildman–Crippen MR) is 128 cm³/mol. The van der Waals surface area contributed by atoms with Crippen molar-refractivity contribution in [1.29, 1.82) is 10.5 Å². The lowest BCUT2D eigenvalue weighted by Crippen LogP contribution is -2.26. The van der Waals surface area contributed by atoms with Crippen molar-refractivity contribution in [3.63, 3.8) is 0 Å². The first-order valence-corrected chi connectivity index (χ1v) is 11.2. The third kappa shape index (κ3) is 4.91. The van der Waals surface area contributed by atoms with Crippen LogP contribution in [0.3, 0.4) is 0 Å². The number of thioether (sulfide) groups is 1. The summed E-state index contributed by atoms with van der Waals surface area (Å²) in [5.74, 6) is 0.398. The fraction of sp³-hybridized carbons (Fsp3) is 0.200. The SMILES string of the molecule is CC(C)c1c(C#N)c(N)nc(SCCC(=O)N(c2ccccc2)c2ccccc2)c1C#N. The van der Waals surface area contributed by atoms with Crippen LogP contribution in [0, 0.1) is 22.7 Å². The average molecular weight is 442 g/mol. The Bertz CT molecular complexity index is 1140. The lowest BCUT2D eigenvalue weighted by molar-refractivity contribution is -0.117. The minimum atomic E-state index is -0.0703. The maximum Gasteiger partial charge on any atom is 0.232 e. The number of para-hydroxylation sites is 2. The normalized spacial score (nSPS) is 10.4. The minimum Gasteiger partial charge on any atom is -0.383 e. The summed E-state index contributed by atoms with van der Waals surface area (Å²) in [5, 5.41) is 19.6. The van der Waals surface area contributed by atoms with Crippen molar-refractivity contribution in [2.75, 3.05) is 16.4 Å². The fourth-order valence-electron chi connectivity index (χ4n) is 3.44. The van der Waals surface area contributed by atoms with Gasteiger partial charge in [-0.1, -0.05) is 50.2 Å². The van der Waals surface area contributed by atoms with Crippen LogP contribution in [0.4, 0.5) is 17.2 Å². The molecule has 2 N–H and O–H groups in total. The smallest absolute Gasteiger partial charge is 0.232 e. The third-order valence-electron chi connectivity index (χ3n) is 4.86. The highest BCUT2D eigenvalue weighted by molar-refractivity contribution is 7.99. The van der Waals surface area contributed by atoms with Crippen molar-refractivity contribution in [3.05, 3.63) is 77.4 Å². The van der Waals surface area contributed by atoms with E-state index in [9.17, 15) is 15.3 Å². The van der Waals surface area contributed by atoms with E-state index in [0.717, 1.165) is 11.4 Å². The van der Waals surface area contributed by atoms with Crippen molar-refractivity contribution in [2.24, 2.45) is 0 Å². The highest BCUT2D eigenvalue weighted by Gasteiger charge is 2.22. The van der Waals surface area contributed by atoms with E-state index in [1.165, 1.54) is 11.8 Å². The van der Waals surface area contributed by atoms with E-state index >= 15 is 0 Å². The predicted octanol–water partition coefficient (Wildman–Crippen LogP) is 5.38. The van der Waals surface area contributed by atoms with Gasteiger partial charge in [0.05, 0.1) is 11.1 Å². The Morgan fingerprint density at radius 2 is 1.53 bits per heavy atom. The summed E-state index contributed by atoms with van der Waals surface area (Å²) in [4.78, 5) is 19.2. The number of carbonyl (C=O) groups is 1. The molecule has 0 saturated heterocycles. The summed E-state index contributed by atoms with van der Waals surface area (Å²) >= 11 is 1.30. The van der Waals surface area contributed by atoms with Gasteiger partial charge < -0.3 is 5.73 Å². The second-order valence-corrected chi connectivity index (χ2v) is 8.43. The number of hydrogen-bond donors (Lipinski definition) is 1. The summed E-state index contributed by atoms with van der Waals surface area (Å²) in [6.07, 6.45) is 0.234. The van der Waals surface area contributed by atoms with Crippen LogP contribution in [0.25, 0.3) is 0 Å². The van der Waals surface area contributed by atoms with Crippen LogP contribution in [0.2, 0.25) is 0 Å². The molecule has 1 heterocycles. The zero-order valence-corrected chi connectivity index (χ0v) is 18.8. The molecule has 3 rings (SSSR count). The maximum atomic E-state index is 13.2. The molecule has 0 spiro atoms. The molecule has 0 atom stereocenters. The second-order valence-electron chi connectivity index (χ2n) is 7.34.